The van der Waals surface area contributed by atoms with Gasteiger partial charge in [0.1, 0.15) is 0 Å². The number of carbonyl (C=O) groups is 2. The molecule has 0 unspecified atom stereocenters. The van der Waals surface area contributed by atoms with Crippen LogP contribution in [0.2, 0.25) is 0 Å². The zero-order valence-corrected chi connectivity index (χ0v) is 12.1. The van der Waals surface area contributed by atoms with E-state index in [0.717, 1.165) is 37.2 Å². The van der Waals surface area contributed by atoms with E-state index < -0.39 is 5.97 Å². The quantitative estimate of drug-likeness (QED) is 0.749. The highest BCUT2D eigenvalue weighted by molar-refractivity contribution is 5.90. The van der Waals surface area contributed by atoms with Crippen LogP contribution in [0.5, 0.6) is 0 Å². The van der Waals surface area contributed by atoms with Gasteiger partial charge in [0.25, 0.3) is 0 Å². The lowest BCUT2D eigenvalue weighted by molar-refractivity contribution is -0.137. The summed E-state index contributed by atoms with van der Waals surface area (Å²) < 4.78 is 0. The molecule has 21 heavy (non-hydrogen) atoms. The molecule has 1 aliphatic rings. The lowest BCUT2D eigenvalue weighted by Crippen LogP contribution is -2.30. The molecule has 2 rings (SSSR count). The highest BCUT2D eigenvalue weighted by atomic mass is 16.4. The molecule has 1 amide bonds. The van der Waals surface area contributed by atoms with Gasteiger partial charge >= 0.3 is 5.97 Å². The molecule has 0 aliphatic carbocycles. The van der Waals surface area contributed by atoms with Gasteiger partial charge in [-0.1, -0.05) is 12.1 Å². The molecule has 5 heteroatoms. The number of carboxylic acid groups (broad SMARTS) is 1. The second-order valence-electron chi connectivity index (χ2n) is 5.54. The van der Waals surface area contributed by atoms with Crippen molar-refractivity contribution in [1.29, 1.82) is 0 Å². The number of piperidine rings is 1. The summed E-state index contributed by atoms with van der Waals surface area (Å²) in [6, 6.07) is 7.41. The number of hydrogen-bond donors (Lipinski definition) is 3. The van der Waals surface area contributed by atoms with E-state index in [2.05, 4.69) is 10.6 Å². The Hall–Kier alpha value is -1.88. The number of carbonyl (C=O) groups excluding carboxylic acids is 1. The first-order valence-electron chi connectivity index (χ1n) is 7.45. The molecule has 1 aromatic rings. The lowest BCUT2D eigenvalue weighted by Gasteiger charge is -2.21. The van der Waals surface area contributed by atoms with Crippen molar-refractivity contribution in [3.8, 4) is 0 Å². The summed E-state index contributed by atoms with van der Waals surface area (Å²) in [5, 5.41) is 14.9. The molecule has 1 heterocycles. The molecule has 0 atom stereocenters. The van der Waals surface area contributed by atoms with Gasteiger partial charge in [-0.05, 0) is 56.0 Å². The Bertz CT molecular complexity index is 496. The molecule has 1 aliphatic heterocycles. The van der Waals surface area contributed by atoms with Crippen molar-refractivity contribution < 1.29 is 14.7 Å². The van der Waals surface area contributed by atoms with Crippen molar-refractivity contribution >= 4 is 17.6 Å². The van der Waals surface area contributed by atoms with Crippen molar-refractivity contribution in [1.82, 2.24) is 5.32 Å². The minimum absolute atomic E-state index is 0.0392. The average Bonchev–Trinajstić information content (AvgIpc) is 2.46. The topological polar surface area (TPSA) is 78.4 Å². The van der Waals surface area contributed by atoms with Gasteiger partial charge in [-0.2, -0.15) is 0 Å². The highest BCUT2D eigenvalue weighted by Gasteiger charge is 2.16. The van der Waals surface area contributed by atoms with Crippen molar-refractivity contribution in [2.45, 2.75) is 32.1 Å². The van der Waals surface area contributed by atoms with Crippen LogP contribution in [0.25, 0.3) is 0 Å². The van der Waals surface area contributed by atoms with Gasteiger partial charge in [0.05, 0.1) is 0 Å². The van der Waals surface area contributed by atoms with Gasteiger partial charge in [0.2, 0.25) is 5.91 Å². The van der Waals surface area contributed by atoms with E-state index in [1.807, 2.05) is 24.3 Å². The number of carboxylic acids is 1. The van der Waals surface area contributed by atoms with Crippen LogP contribution < -0.4 is 10.6 Å². The number of anilines is 1. The van der Waals surface area contributed by atoms with Crippen LogP contribution in [0.4, 0.5) is 5.69 Å². The fourth-order valence-electron chi connectivity index (χ4n) is 2.62. The normalized spacial score (nSPS) is 15.6. The number of hydrogen-bond acceptors (Lipinski definition) is 3. The fourth-order valence-corrected chi connectivity index (χ4v) is 2.62. The smallest absolute Gasteiger partial charge is 0.303 e. The molecule has 1 fully saturated rings. The van der Waals surface area contributed by atoms with Crippen LogP contribution in [0.15, 0.2) is 24.3 Å². The van der Waals surface area contributed by atoms with Crippen molar-refractivity contribution in [2.75, 3.05) is 18.4 Å². The van der Waals surface area contributed by atoms with Gasteiger partial charge in [0.15, 0.2) is 0 Å². The number of amides is 1. The Labute approximate surface area is 124 Å². The average molecular weight is 290 g/mol. The molecule has 5 nitrogen and oxygen atoms in total. The summed E-state index contributed by atoms with van der Waals surface area (Å²) in [5.41, 5.74) is 1.67. The Morgan fingerprint density at radius 3 is 2.76 bits per heavy atom. The minimum atomic E-state index is -0.810. The SMILES string of the molecule is O=C(O)CCc1cccc(NC(=O)CC2CCNCC2)c1. The molecule has 0 bridgehead atoms. The van der Waals surface area contributed by atoms with Crippen LogP contribution in [0.1, 0.15) is 31.2 Å². The third-order valence-electron chi connectivity index (χ3n) is 3.77. The molecule has 0 spiro atoms. The third-order valence-corrected chi connectivity index (χ3v) is 3.77. The summed E-state index contributed by atoms with van der Waals surface area (Å²) in [5.74, 6) is -0.311. The summed E-state index contributed by atoms with van der Waals surface area (Å²) in [4.78, 5) is 22.6. The molecular formula is C16H22N2O3. The Morgan fingerprint density at radius 1 is 1.29 bits per heavy atom. The van der Waals surface area contributed by atoms with Crippen molar-refractivity contribution in [2.24, 2.45) is 5.92 Å². The van der Waals surface area contributed by atoms with Gasteiger partial charge < -0.3 is 15.7 Å². The molecule has 0 saturated carbocycles. The largest absolute Gasteiger partial charge is 0.481 e. The summed E-state index contributed by atoms with van der Waals surface area (Å²) in [6.45, 7) is 1.98. The first kappa shape index (κ1) is 15.5. The van der Waals surface area contributed by atoms with E-state index in [0.29, 0.717) is 18.8 Å². The van der Waals surface area contributed by atoms with E-state index in [-0.39, 0.29) is 12.3 Å². The van der Waals surface area contributed by atoms with E-state index >= 15 is 0 Å². The predicted molar refractivity (Wildman–Crippen MR) is 81.2 cm³/mol. The zero-order chi connectivity index (χ0) is 15.1. The molecular weight excluding hydrogens is 268 g/mol. The first-order valence-corrected chi connectivity index (χ1v) is 7.45. The van der Waals surface area contributed by atoms with E-state index in [4.69, 9.17) is 5.11 Å². The zero-order valence-electron chi connectivity index (χ0n) is 12.1. The second-order valence-corrected chi connectivity index (χ2v) is 5.54. The number of aryl methyl sites for hydroxylation is 1. The number of nitrogens with one attached hydrogen (secondary N) is 2. The van der Waals surface area contributed by atoms with Crippen LogP contribution >= 0.6 is 0 Å². The fraction of sp³-hybridized carbons (Fsp3) is 0.500. The molecule has 1 saturated heterocycles. The van der Waals surface area contributed by atoms with E-state index in [1.54, 1.807) is 0 Å². The molecule has 0 aromatic heterocycles. The van der Waals surface area contributed by atoms with Crippen LogP contribution in [0, 0.1) is 5.92 Å². The molecule has 0 radical (unpaired) electrons. The van der Waals surface area contributed by atoms with Gasteiger partial charge in [-0.3, -0.25) is 9.59 Å². The maximum atomic E-state index is 12.0. The minimum Gasteiger partial charge on any atom is -0.481 e. The van der Waals surface area contributed by atoms with Gasteiger partial charge in [-0.15, -0.1) is 0 Å². The maximum absolute atomic E-state index is 12.0. The lowest BCUT2D eigenvalue weighted by atomic mass is 9.94. The van der Waals surface area contributed by atoms with E-state index in [1.165, 1.54) is 0 Å². The Morgan fingerprint density at radius 2 is 2.05 bits per heavy atom. The van der Waals surface area contributed by atoms with Gasteiger partial charge in [-0.25, -0.2) is 0 Å². The third kappa shape index (κ3) is 5.55. The van der Waals surface area contributed by atoms with Crippen LogP contribution in [-0.2, 0) is 16.0 Å². The predicted octanol–water partition coefficient (Wildman–Crippen LogP) is 2.03. The number of rotatable bonds is 6. The molecule has 3 N–H and O–H groups in total. The molecule has 1 aromatic carbocycles. The summed E-state index contributed by atoms with van der Waals surface area (Å²) in [6.07, 6.45) is 3.24. The van der Waals surface area contributed by atoms with Crippen molar-refractivity contribution in [3.63, 3.8) is 0 Å². The van der Waals surface area contributed by atoms with Crippen LogP contribution in [-0.4, -0.2) is 30.1 Å². The highest BCUT2D eigenvalue weighted by Crippen LogP contribution is 2.18. The number of benzene rings is 1. The number of aliphatic carboxylic acids is 1. The Kier molecular flexibility index (Phi) is 5.75. The molecule has 114 valence electrons. The van der Waals surface area contributed by atoms with E-state index in [9.17, 15) is 9.59 Å². The van der Waals surface area contributed by atoms with Crippen molar-refractivity contribution in [3.05, 3.63) is 29.8 Å². The standard InChI is InChI=1S/C16H22N2O3/c19-15(11-13-6-8-17-9-7-13)18-14-3-1-2-12(10-14)4-5-16(20)21/h1-3,10,13,17H,4-9,11H2,(H,18,19)(H,20,21). The van der Waals surface area contributed by atoms with Gasteiger partial charge in [0, 0.05) is 18.5 Å². The summed E-state index contributed by atoms with van der Waals surface area (Å²) >= 11 is 0. The maximum Gasteiger partial charge on any atom is 0.303 e. The van der Waals surface area contributed by atoms with Crippen LogP contribution in [0.3, 0.4) is 0 Å². The summed E-state index contributed by atoms with van der Waals surface area (Å²) in [7, 11) is 0. The first-order chi connectivity index (χ1) is 10.1. The Balaban J connectivity index is 1.85. The second kappa shape index (κ2) is 7.78. The monoisotopic (exact) mass is 290 g/mol.